The van der Waals surface area contributed by atoms with E-state index < -0.39 is 0 Å². The number of nitrogens with zero attached hydrogens (tertiary/aromatic N) is 4. The first kappa shape index (κ1) is 23.2. The normalized spacial score (nSPS) is 20.4. The first-order chi connectivity index (χ1) is 17.6. The molecular weight excluding hydrogens is 478 g/mol. The van der Waals surface area contributed by atoms with E-state index in [1.165, 1.54) is 4.90 Å². The van der Waals surface area contributed by atoms with E-state index in [-0.39, 0.29) is 17.9 Å². The number of nitrogens with one attached hydrogen (secondary N) is 1. The van der Waals surface area contributed by atoms with Crippen LogP contribution in [0.25, 0.3) is 11.3 Å². The van der Waals surface area contributed by atoms with E-state index in [4.69, 9.17) is 16.3 Å². The Morgan fingerprint density at radius 2 is 1.83 bits per heavy atom. The SMILES string of the molecule is O=C1c2cccc(N3CCN(Cc4cn[nH]c4-c4ccc(Cl)cc4)CC3)c2C(=O)N1CC1CCCO1. The Labute approximate surface area is 214 Å². The average Bonchev–Trinajstić information content (AvgIpc) is 3.64. The number of carbonyl (C=O) groups excluding carboxylic acids is 2. The highest BCUT2D eigenvalue weighted by molar-refractivity contribution is 6.30. The number of ether oxygens (including phenoxy) is 1. The van der Waals surface area contributed by atoms with E-state index in [0.29, 0.717) is 29.3 Å². The minimum absolute atomic E-state index is 0.0557. The quantitative estimate of drug-likeness (QED) is 0.513. The maximum Gasteiger partial charge on any atom is 0.263 e. The molecule has 1 N–H and O–H groups in total. The number of halogens is 1. The van der Waals surface area contributed by atoms with Crippen LogP contribution in [0.2, 0.25) is 5.02 Å². The first-order valence-electron chi connectivity index (χ1n) is 12.4. The van der Waals surface area contributed by atoms with Crippen LogP contribution < -0.4 is 4.90 Å². The van der Waals surface area contributed by atoms with Crippen molar-refractivity contribution in [3.05, 3.63) is 70.4 Å². The highest BCUT2D eigenvalue weighted by Crippen LogP contribution is 2.33. The third kappa shape index (κ3) is 4.30. The van der Waals surface area contributed by atoms with Crippen LogP contribution in [0, 0.1) is 0 Å². The molecule has 2 fully saturated rings. The van der Waals surface area contributed by atoms with E-state index in [0.717, 1.165) is 68.1 Å². The Morgan fingerprint density at radius 1 is 1.03 bits per heavy atom. The van der Waals surface area contributed by atoms with E-state index in [1.54, 1.807) is 6.07 Å². The van der Waals surface area contributed by atoms with Crippen molar-refractivity contribution in [1.82, 2.24) is 20.0 Å². The number of hydrogen-bond acceptors (Lipinski definition) is 6. The molecule has 0 bridgehead atoms. The highest BCUT2D eigenvalue weighted by Gasteiger charge is 2.40. The number of amides is 2. The highest BCUT2D eigenvalue weighted by atomic mass is 35.5. The van der Waals surface area contributed by atoms with Crippen molar-refractivity contribution in [2.24, 2.45) is 0 Å². The van der Waals surface area contributed by atoms with Crippen LogP contribution in [-0.2, 0) is 11.3 Å². The van der Waals surface area contributed by atoms with Gasteiger partial charge in [0.25, 0.3) is 11.8 Å². The molecule has 0 spiro atoms. The minimum atomic E-state index is -0.208. The number of aromatic amines is 1. The Kier molecular flexibility index (Phi) is 6.25. The number of aromatic nitrogens is 2. The van der Waals surface area contributed by atoms with Crippen LogP contribution in [0.5, 0.6) is 0 Å². The minimum Gasteiger partial charge on any atom is -0.376 e. The Bertz CT molecular complexity index is 1280. The molecule has 0 aliphatic carbocycles. The summed E-state index contributed by atoms with van der Waals surface area (Å²) in [6.45, 7) is 5.05. The van der Waals surface area contributed by atoms with E-state index in [9.17, 15) is 9.59 Å². The molecule has 2 aromatic carbocycles. The topological polar surface area (TPSA) is 81.8 Å². The Morgan fingerprint density at radius 3 is 2.58 bits per heavy atom. The van der Waals surface area contributed by atoms with Gasteiger partial charge in [0.1, 0.15) is 0 Å². The number of hydrogen-bond donors (Lipinski definition) is 1. The Hall–Kier alpha value is -3.20. The summed E-state index contributed by atoms with van der Waals surface area (Å²) in [7, 11) is 0. The molecule has 8 nitrogen and oxygen atoms in total. The molecule has 4 heterocycles. The van der Waals surface area contributed by atoms with Gasteiger partial charge in [-0.05, 0) is 42.7 Å². The summed E-state index contributed by atoms with van der Waals surface area (Å²) in [5.41, 5.74) is 5.09. The molecule has 1 aromatic heterocycles. The van der Waals surface area contributed by atoms with Gasteiger partial charge in [-0.25, -0.2) is 0 Å². The number of piperazine rings is 1. The molecule has 2 saturated heterocycles. The predicted molar refractivity (Wildman–Crippen MR) is 137 cm³/mol. The zero-order valence-corrected chi connectivity index (χ0v) is 20.7. The fourth-order valence-corrected chi connectivity index (χ4v) is 5.55. The summed E-state index contributed by atoms with van der Waals surface area (Å²) in [4.78, 5) is 32.3. The monoisotopic (exact) mass is 505 g/mol. The second-order valence-corrected chi connectivity index (χ2v) is 10.0. The molecule has 2 amide bonds. The largest absolute Gasteiger partial charge is 0.376 e. The Balaban J connectivity index is 1.14. The lowest BCUT2D eigenvalue weighted by molar-refractivity contribution is 0.0475. The lowest BCUT2D eigenvalue weighted by Crippen LogP contribution is -2.46. The number of benzene rings is 2. The second-order valence-electron chi connectivity index (χ2n) is 9.60. The van der Waals surface area contributed by atoms with E-state index in [1.807, 2.05) is 42.6 Å². The van der Waals surface area contributed by atoms with Crippen LogP contribution in [-0.4, -0.2) is 77.2 Å². The number of rotatable bonds is 6. The summed E-state index contributed by atoms with van der Waals surface area (Å²) in [5.74, 6) is -0.407. The second kappa shape index (κ2) is 9.69. The van der Waals surface area contributed by atoms with Gasteiger partial charge in [0.15, 0.2) is 0 Å². The van der Waals surface area contributed by atoms with Gasteiger partial charge in [0.05, 0.1) is 41.4 Å². The number of fused-ring (bicyclic) bond motifs is 1. The summed E-state index contributed by atoms with van der Waals surface area (Å²) in [5, 5.41) is 8.10. The van der Waals surface area contributed by atoms with Crippen molar-refractivity contribution in [1.29, 1.82) is 0 Å². The number of H-pyrrole nitrogens is 1. The molecule has 0 saturated carbocycles. The van der Waals surface area contributed by atoms with Crippen molar-refractivity contribution < 1.29 is 14.3 Å². The van der Waals surface area contributed by atoms with Crippen LogP contribution in [0.4, 0.5) is 5.69 Å². The van der Waals surface area contributed by atoms with Gasteiger partial charge in [-0.3, -0.25) is 24.5 Å². The van der Waals surface area contributed by atoms with Gasteiger partial charge in [0.2, 0.25) is 0 Å². The van der Waals surface area contributed by atoms with Crippen LogP contribution >= 0.6 is 11.6 Å². The molecular formula is C27H28ClN5O3. The average molecular weight is 506 g/mol. The summed E-state index contributed by atoms with van der Waals surface area (Å²) < 4.78 is 5.68. The molecule has 9 heteroatoms. The van der Waals surface area contributed by atoms with E-state index >= 15 is 0 Å². The number of carbonyl (C=O) groups is 2. The van der Waals surface area contributed by atoms with Gasteiger partial charge in [0, 0.05) is 49.9 Å². The van der Waals surface area contributed by atoms with Crippen LogP contribution in [0.15, 0.2) is 48.7 Å². The van der Waals surface area contributed by atoms with Gasteiger partial charge in [-0.15, -0.1) is 0 Å². The molecule has 1 atom stereocenters. The molecule has 3 aliphatic rings. The predicted octanol–water partition coefficient (Wildman–Crippen LogP) is 3.83. The van der Waals surface area contributed by atoms with Gasteiger partial charge in [-0.2, -0.15) is 5.10 Å². The fraction of sp³-hybridized carbons (Fsp3) is 0.370. The van der Waals surface area contributed by atoms with E-state index in [2.05, 4.69) is 20.0 Å². The summed E-state index contributed by atoms with van der Waals surface area (Å²) in [6.07, 6.45) is 3.69. The third-order valence-corrected chi connectivity index (χ3v) is 7.60. The lowest BCUT2D eigenvalue weighted by atomic mass is 10.1. The van der Waals surface area contributed by atoms with Crippen molar-refractivity contribution in [2.45, 2.75) is 25.5 Å². The molecule has 186 valence electrons. The number of anilines is 1. The van der Waals surface area contributed by atoms with Gasteiger partial charge >= 0.3 is 0 Å². The lowest BCUT2D eigenvalue weighted by Gasteiger charge is -2.36. The zero-order valence-electron chi connectivity index (χ0n) is 20.0. The van der Waals surface area contributed by atoms with Crippen LogP contribution in [0.1, 0.15) is 39.1 Å². The molecule has 6 rings (SSSR count). The fourth-order valence-electron chi connectivity index (χ4n) is 5.42. The summed E-state index contributed by atoms with van der Waals surface area (Å²) in [6, 6.07) is 13.4. The van der Waals surface area contributed by atoms with Crippen molar-refractivity contribution in [2.75, 3.05) is 44.2 Å². The van der Waals surface area contributed by atoms with Crippen molar-refractivity contribution >= 4 is 29.1 Å². The first-order valence-corrected chi connectivity index (χ1v) is 12.8. The molecule has 3 aromatic rings. The molecule has 1 unspecified atom stereocenters. The van der Waals surface area contributed by atoms with Gasteiger partial charge in [-0.1, -0.05) is 29.8 Å². The standard InChI is InChI=1S/C27H28ClN5O3/c28-20-8-6-18(7-9-20)25-19(15-29-30-25)16-31-10-12-32(13-11-31)23-5-1-4-22-24(23)27(35)33(26(22)34)17-21-3-2-14-36-21/h1,4-9,15,21H,2-3,10-14,16-17H2,(H,29,30). The third-order valence-electron chi connectivity index (χ3n) is 7.34. The summed E-state index contributed by atoms with van der Waals surface area (Å²) >= 11 is 6.04. The van der Waals surface area contributed by atoms with Crippen molar-refractivity contribution in [3.63, 3.8) is 0 Å². The smallest absolute Gasteiger partial charge is 0.263 e. The maximum absolute atomic E-state index is 13.3. The molecule has 0 radical (unpaired) electrons. The zero-order chi connectivity index (χ0) is 24.6. The maximum atomic E-state index is 13.3. The van der Waals surface area contributed by atoms with Gasteiger partial charge < -0.3 is 9.64 Å². The van der Waals surface area contributed by atoms with Crippen molar-refractivity contribution in [3.8, 4) is 11.3 Å². The van der Waals surface area contributed by atoms with Crippen LogP contribution in [0.3, 0.4) is 0 Å². The number of imide groups is 1. The molecule has 36 heavy (non-hydrogen) atoms. The molecule has 3 aliphatic heterocycles.